The zero-order valence-corrected chi connectivity index (χ0v) is 28.1. The zero-order chi connectivity index (χ0) is 34.4. The van der Waals surface area contributed by atoms with Crippen LogP contribution in [0.4, 0.5) is 0 Å². The van der Waals surface area contributed by atoms with E-state index in [1.165, 1.54) is 11.1 Å². The number of nitrogens with one attached hydrogen (secondary N) is 1. The van der Waals surface area contributed by atoms with Crippen molar-refractivity contribution < 1.29 is 4.42 Å². The Morgan fingerprint density at radius 1 is 0.596 bits per heavy atom. The quantitative estimate of drug-likeness (QED) is 0.191. The van der Waals surface area contributed by atoms with E-state index in [0.717, 1.165) is 84.4 Å². The minimum atomic E-state index is 0.654. The first-order valence-corrected chi connectivity index (χ1v) is 17.4. The molecule has 0 saturated heterocycles. The number of benzene rings is 5. The minimum absolute atomic E-state index is 0.654. The molecule has 1 aliphatic heterocycles. The predicted octanol–water partition coefficient (Wildman–Crippen LogP) is 10.9. The molecule has 0 fully saturated rings. The maximum absolute atomic E-state index is 6.62. The lowest BCUT2D eigenvalue weighted by Crippen LogP contribution is -2.08. The van der Waals surface area contributed by atoms with Crippen LogP contribution in [0, 0.1) is 0 Å². The molecule has 6 nitrogen and oxygen atoms in total. The third-order valence-corrected chi connectivity index (χ3v) is 9.78. The second-order valence-electron chi connectivity index (χ2n) is 12.9. The summed E-state index contributed by atoms with van der Waals surface area (Å²) >= 11 is 0. The molecule has 5 aromatic carbocycles. The predicted molar refractivity (Wildman–Crippen MR) is 211 cm³/mol. The number of fused-ring (bicyclic) bond motifs is 5. The maximum Gasteiger partial charge on any atom is 0.160 e. The van der Waals surface area contributed by atoms with Crippen LogP contribution in [0.5, 0.6) is 0 Å². The van der Waals surface area contributed by atoms with Crippen LogP contribution in [0.15, 0.2) is 175 Å². The minimum Gasteiger partial charge on any atom is -0.455 e. The molecule has 6 heteroatoms. The Morgan fingerprint density at radius 3 is 2.15 bits per heavy atom. The molecular formula is C46H31N5O. The lowest BCUT2D eigenvalue weighted by Gasteiger charge is -2.13. The van der Waals surface area contributed by atoms with Crippen molar-refractivity contribution in [2.24, 2.45) is 0 Å². The number of pyridine rings is 1. The summed E-state index contributed by atoms with van der Waals surface area (Å²) in [5.41, 5.74) is 12.2. The molecule has 0 atom stereocenters. The van der Waals surface area contributed by atoms with Crippen LogP contribution in [-0.2, 0) is 0 Å². The second-order valence-corrected chi connectivity index (χ2v) is 12.9. The van der Waals surface area contributed by atoms with Gasteiger partial charge in [-0.1, -0.05) is 91.0 Å². The summed E-state index contributed by atoms with van der Waals surface area (Å²) in [5.74, 6) is 1.51. The van der Waals surface area contributed by atoms with Crippen LogP contribution in [0.25, 0.3) is 89.3 Å². The molecule has 0 aliphatic carbocycles. The Hall–Kier alpha value is -7.05. The number of rotatable bonds is 6. The topological polar surface area (TPSA) is 68.8 Å². The van der Waals surface area contributed by atoms with E-state index in [1.807, 2.05) is 36.5 Å². The summed E-state index contributed by atoms with van der Waals surface area (Å²) in [7, 11) is 0. The fraction of sp³-hybridized carbons (Fsp3) is 0.0217. The van der Waals surface area contributed by atoms with Gasteiger partial charge >= 0.3 is 0 Å². The third kappa shape index (κ3) is 5.17. The molecule has 1 N–H and O–H groups in total. The molecule has 1 aliphatic rings. The highest BCUT2D eigenvalue weighted by molar-refractivity contribution is 6.20. The first kappa shape index (κ1) is 29.8. The van der Waals surface area contributed by atoms with E-state index in [9.17, 15) is 0 Å². The highest BCUT2D eigenvalue weighted by atomic mass is 16.3. The van der Waals surface area contributed by atoms with Gasteiger partial charge in [0.15, 0.2) is 5.82 Å². The van der Waals surface area contributed by atoms with Gasteiger partial charge in [-0.3, -0.25) is 4.98 Å². The van der Waals surface area contributed by atoms with Crippen molar-refractivity contribution in [2.45, 2.75) is 0 Å². The molecule has 9 aromatic rings. The normalized spacial score (nSPS) is 12.7. The Labute approximate surface area is 300 Å². The van der Waals surface area contributed by atoms with E-state index in [4.69, 9.17) is 14.4 Å². The van der Waals surface area contributed by atoms with Gasteiger partial charge in [-0.15, -0.1) is 0 Å². The number of allylic oxidation sites excluding steroid dienone is 2. The fourth-order valence-corrected chi connectivity index (χ4v) is 7.25. The van der Waals surface area contributed by atoms with Gasteiger partial charge in [0.1, 0.15) is 11.3 Å². The summed E-state index contributed by atoms with van der Waals surface area (Å²) in [5, 5.41) is 6.54. The largest absolute Gasteiger partial charge is 0.455 e. The van der Waals surface area contributed by atoms with Crippen LogP contribution >= 0.6 is 0 Å². The summed E-state index contributed by atoms with van der Waals surface area (Å²) in [6, 6.07) is 48.4. The number of furan rings is 1. The molecular weight excluding hydrogens is 639 g/mol. The van der Waals surface area contributed by atoms with E-state index in [1.54, 1.807) is 12.4 Å². The molecule has 0 bridgehead atoms. The number of nitrogens with zero attached hydrogens (tertiary/aromatic N) is 4. The number of hydrogen-bond acceptors (Lipinski definition) is 5. The molecule has 0 spiro atoms. The molecule has 4 aromatic heterocycles. The Kier molecular flexibility index (Phi) is 7.10. The average molecular weight is 670 g/mol. The average Bonchev–Trinajstić information content (AvgIpc) is 3.82. The van der Waals surface area contributed by atoms with Crippen molar-refractivity contribution in [3.8, 4) is 50.9 Å². The monoisotopic (exact) mass is 669 g/mol. The van der Waals surface area contributed by atoms with Gasteiger partial charge in [0.05, 0.1) is 27.8 Å². The van der Waals surface area contributed by atoms with Gasteiger partial charge in [-0.2, -0.15) is 0 Å². The van der Waals surface area contributed by atoms with Crippen LogP contribution in [0.1, 0.15) is 5.56 Å². The maximum atomic E-state index is 6.62. The van der Waals surface area contributed by atoms with Crippen molar-refractivity contribution >= 4 is 38.3 Å². The number of hydrogen-bond donors (Lipinski definition) is 1. The van der Waals surface area contributed by atoms with Gasteiger partial charge in [0.25, 0.3) is 0 Å². The summed E-state index contributed by atoms with van der Waals surface area (Å²) in [6.07, 6.45) is 9.89. The van der Waals surface area contributed by atoms with E-state index in [2.05, 4.69) is 136 Å². The zero-order valence-electron chi connectivity index (χ0n) is 28.1. The molecule has 246 valence electrons. The first-order chi connectivity index (χ1) is 25.8. The van der Waals surface area contributed by atoms with Crippen molar-refractivity contribution in [1.82, 2.24) is 24.8 Å². The molecule has 5 heterocycles. The Bertz CT molecular complexity index is 2830. The lowest BCUT2D eigenvalue weighted by atomic mass is 10.0. The SMILES string of the molecule is C1=CC(c2ccc(-c3cc(-c4ccncc4)nc(-c4cccc(-n5c6ccccc6c6c7oc(-c8ccccc8)cc7ccc65)c4)n3)cc2)=CCN1. The number of aromatic nitrogens is 4. The van der Waals surface area contributed by atoms with Crippen LogP contribution < -0.4 is 5.32 Å². The molecule has 0 saturated carbocycles. The van der Waals surface area contributed by atoms with E-state index < -0.39 is 0 Å². The summed E-state index contributed by atoms with van der Waals surface area (Å²) in [6.45, 7) is 0.828. The standard InChI is InChI=1S/C46H31N5O/c1-2-7-34(8-3-1)43-28-35-17-18-42-44(45(35)52-43)38-11-4-5-12-41(38)51(42)37-10-6-9-36(27-37)46-49-39(29-40(50-46)33-21-25-48-26-22-33)32-15-13-30(14-16-32)31-19-23-47-24-20-31/h1-23,25-29,47H,24H2. The summed E-state index contributed by atoms with van der Waals surface area (Å²) < 4.78 is 8.94. The van der Waals surface area contributed by atoms with Gasteiger partial charge < -0.3 is 14.3 Å². The van der Waals surface area contributed by atoms with E-state index in [-0.39, 0.29) is 0 Å². The first-order valence-electron chi connectivity index (χ1n) is 17.4. The molecule has 10 rings (SSSR count). The highest BCUT2D eigenvalue weighted by Gasteiger charge is 2.19. The van der Waals surface area contributed by atoms with E-state index in [0.29, 0.717) is 5.82 Å². The molecule has 52 heavy (non-hydrogen) atoms. The summed E-state index contributed by atoms with van der Waals surface area (Å²) in [4.78, 5) is 14.5. The van der Waals surface area contributed by atoms with Crippen molar-refractivity contribution in [1.29, 1.82) is 0 Å². The molecule has 0 radical (unpaired) electrons. The smallest absolute Gasteiger partial charge is 0.160 e. The fourth-order valence-electron chi connectivity index (χ4n) is 7.25. The number of para-hydroxylation sites is 1. The second kappa shape index (κ2) is 12.4. The van der Waals surface area contributed by atoms with Gasteiger partial charge in [-0.05, 0) is 78.0 Å². The van der Waals surface area contributed by atoms with E-state index >= 15 is 0 Å². The highest BCUT2D eigenvalue weighted by Crippen LogP contribution is 2.40. The molecule has 0 amide bonds. The third-order valence-electron chi connectivity index (χ3n) is 9.78. The van der Waals surface area contributed by atoms with Gasteiger partial charge in [0, 0.05) is 57.7 Å². The lowest BCUT2D eigenvalue weighted by molar-refractivity contribution is 0.635. The molecule has 0 unspecified atom stereocenters. The van der Waals surface area contributed by atoms with Crippen molar-refractivity contribution in [3.05, 3.63) is 176 Å². The van der Waals surface area contributed by atoms with Gasteiger partial charge in [-0.25, -0.2) is 9.97 Å². The van der Waals surface area contributed by atoms with Crippen molar-refractivity contribution in [3.63, 3.8) is 0 Å². The van der Waals surface area contributed by atoms with Crippen LogP contribution in [-0.4, -0.2) is 26.1 Å². The number of dihydropyridines is 1. The van der Waals surface area contributed by atoms with Crippen molar-refractivity contribution in [2.75, 3.05) is 6.54 Å². The Balaban J connectivity index is 1.12. The van der Waals surface area contributed by atoms with Crippen LogP contribution in [0.3, 0.4) is 0 Å². The van der Waals surface area contributed by atoms with Gasteiger partial charge in [0.2, 0.25) is 0 Å². The van der Waals surface area contributed by atoms with Crippen LogP contribution in [0.2, 0.25) is 0 Å². The Morgan fingerprint density at radius 2 is 1.35 bits per heavy atom.